The van der Waals surface area contributed by atoms with Crippen LogP contribution in [0.2, 0.25) is 0 Å². The van der Waals surface area contributed by atoms with Crippen molar-refractivity contribution in [1.29, 1.82) is 0 Å². The van der Waals surface area contributed by atoms with Gasteiger partial charge in [0, 0.05) is 17.7 Å². The number of nitrogens with zero attached hydrogens (tertiary/aromatic N) is 1. The first-order valence-electron chi connectivity index (χ1n) is 7.34. The Bertz CT molecular complexity index is 826. The number of rotatable bonds is 5. The minimum Gasteiger partial charge on any atom is -0.464 e. The van der Waals surface area contributed by atoms with E-state index in [1.54, 1.807) is 37.3 Å². The first kappa shape index (κ1) is 17.9. The van der Waals surface area contributed by atoms with Crippen molar-refractivity contribution in [3.8, 4) is 0 Å². The van der Waals surface area contributed by atoms with E-state index in [1.165, 1.54) is 31.4 Å². The predicted octanol–water partition coefficient (Wildman–Crippen LogP) is 2.93. The third-order valence-electron chi connectivity index (χ3n) is 3.55. The molecule has 1 N–H and O–H groups in total. The molecular weight excluding hydrogens is 324 g/mol. The number of hydrogen-bond donors (Lipinski definition) is 1. The molecule has 2 rings (SSSR count). The maximum atomic E-state index is 12.3. The van der Waals surface area contributed by atoms with Crippen LogP contribution < -0.4 is 5.32 Å². The van der Waals surface area contributed by atoms with Gasteiger partial charge in [0.2, 0.25) is 0 Å². The molecule has 2 aromatic rings. The van der Waals surface area contributed by atoms with Crippen molar-refractivity contribution >= 4 is 23.1 Å². The lowest BCUT2D eigenvalue weighted by molar-refractivity contribution is -0.384. The van der Waals surface area contributed by atoms with Crippen LogP contribution in [0.5, 0.6) is 0 Å². The Kier molecular flexibility index (Phi) is 5.62. The molecule has 128 valence electrons. The summed E-state index contributed by atoms with van der Waals surface area (Å²) in [6.07, 6.45) is 0. The van der Waals surface area contributed by atoms with Crippen molar-refractivity contribution in [3.05, 3.63) is 81.5 Å². The van der Waals surface area contributed by atoms with Gasteiger partial charge in [-0.25, -0.2) is 4.79 Å². The van der Waals surface area contributed by atoms with Gasteiger partial charge in [0.05, 0.1) is 12.0 Å². The number of ether oxygens (including phenoxy) is 1. The summed E-state index contributed by atoms with van der Waals surface area (Å²) in [5.74, 6) is -1.16. The van der Waals surface area contributed by atoms with Gasteiger partial charge in [-0.3, -0.25) is 14.9 Å². The molecule has 0 unspecified atom stereocenters. The topological polar surface area (TPSA) is 98.5 Å². The van der Waals surface area contributed by atoms with Crippen LogP contribution in [0.3, 0.4) is 0 Å². The molecule has 7 heteroatoms. The van der Waals surface area contributed by atoms with Gasteiger partial charge in [0.15, 0.2) is 0 Å². The van der Waals surface area contributed by atoms with Crippen molar-refractivity contribution < 1.29 is 19.2 Å². The van der Waals surface area contributed by atoms with Gasteiger partial charge < -0.3 is 10.1 Å². The number of allylic oxidation sites excluding steroid dienone is 1. The quantitative estimate of drug-likeness (QED) is 0.390. The Labute approximate surface area is 144 Å². The van der Waals surface area contributed by atoms with Crippen LogP contribution in [0, 0.1) is 10.1 Å². The first-order valence-corrected chi connectivity index (χ1v) is 7.34. The van der Waals surface area contributed by atoms with E-state index in [9.17, 15) is 19.7 Å². The number of amides is 1. The van der Waals surface area contributed by atoms with Gasteiger partial charge in [-0.1, -0.05) is 18.2 Å². The number of methoxy groups -OCH3 is 1. The summed E-state index contributed by atoms with van der Waals surface area (Å²) in [6.45, 7) is 1.62. The van der Waals surface area contributed by atoms with E-state index in [4.69, 9.17) is 4.74 Å². The molecule has 0 atom stereocenters. The second kappa shape index (κ2) is 7.87. The summed E-state index contributed by atoms with van der Waals surface area (Å²) in [7, 11) is 1.21. The Morgan fingerprint density at radius 3 is 2.12 bits per heavy atom. The number of nitrogens with one attached hydrogen (secondary N) is 1. The zero-order chi connectivity index (χ0) is 18.4. The zero-order valence-electron chi connectivity index (χ0n) is 13.7. The van der Waals surface area contributed by atoms with Crippen LogP contribution in [0.1, 0.15) is 22.8 Å². The monoisotopic (exact) mass is 340 g/mol. The second-order valence-corrected chi connectivity index (χ2v) is 5.12. The minimum absolute atomic E-state index is 0.0230. The molecule has 1 amide bonds. The lowest BCUT2D eigenvalue weighted by Gasteiger charge is -2.12. The molecule has 25 heavy (non-hydrogen) atoms. The van der Waals surface area contributed by atoms with E-state index in [0.29, 0.717) is 16.7 Å². The number of benzene rings is 2. The SMILES string of the molecule is COC(=O)/C(NC(=O)c1ccccc1)=C(\C)c1ccc([N+](=O)[O-])cc1. The van der Waals surface area contributed by atoms with Crippen LogP contribution in [0.4, 0.5) is 5.69 Å². The lowest BCUT2D eigenvalue weighted by Crippen LogP contribution is -2.29. The second-order valence-electron chi connectivity index (χ2n) is 5.12. The average molecular weight is 340 g/mol. The number of carbonyl (C=O) groups excluding carboxylic acids is 2. The number of nitro benzene ring substituents is 1. The van der Waals surface area contributed by atoms with Gasteiger partial charge in [-0.15, -0.1) is 0 Å². The maximum absolute atomic E-state index is 12.3. The summed E-state index contributed by atoms with van der Waals surface area (Å²) in [5, 5.41) is 13.3. The van der Waals surface area contributed by atoms with Crippen LogP contribution in [-0.2, 0) is 9.53 Å². The first-order chi connectivity index (χ1) is 11.9. The summed E-state index contributed by atoms with van der Waals surface area (Å²) >= 11 is 0. The molecule has 0 fully saturated rings. The number of carbonyl (C=O) groups is 2. The standard InChI is InChI=1S/C18H16N2O5/c1-12(13-8-10-15(11-9-13)20(23)24)16(18(22)25-2)19-17(21)14-6-4-3-5-7-14/h3-11H,1-2H3,(H,19,21)/b16-12-. The average Bonchev–Trinajstić information content (AvgIpc) is 2.65. The summed E-state index contributed by atoms with van der Waals surface area (Å²) < 4.78 is 4.73. The molecule has 0 radical (unpaired) electrons. The van der Waals surface area contributed by atoms with Gasteiger partial charge >= 0.3 is 5.97 Å². The highest BCUT2D eigenvalue weighted by Crippen LogP contribution is 2.21. The van der Waals surface area contributed by atoms with Gasteiger partial charge in [0.25, 0.3) is 11.6 Å². The van der Waals surface area contributed by atoms with Crippen molar-refractivity contribution in [2.45, 2.75) is 6.92 Å². The third-order valence-corrected chi connectivity index (χ3v) is 3.55. The molecule has 0 aliphatic heterocycles. The normalized spacial score (nSPS) is 11.3. The largest absolute Gasteiger partial charge is 0.464 e. The summed E-state index contributed by atoms with van der Waals surface area (Å²) in [5.41, 5.74) is 1.29. The van der Waals surface area contributed by atoms with E-state index < -0.39 is 16.8 Å². The molecule has 0 heterocycles. The zero-order valence-corrected chi connectivity index (χ0v) is 13.7. The lowest BCUT2D eigenvalue weighted by atomic mass is 10.0. The van der Waals surface area contributed by atoms with Crippen LogP contribution in [0.25, 0.3) is 5.57 Å². The molecule has 7 nitrogen and oxygen atoms in total. The van der Waals surface area contributed by atoms with Crippen LogP contribution in [-0.4, -0.2) is 23.9 Å². The highest BCUT2D eigenvalue weighted by molar-refractivity contribution is 6.05. The van der Waals surface area contributed by atoms with E-state index in [0.717, 1.165) is 0 Å². The van der Waals surface area contributed by atoms with Crippen molar-refractivity contribution in [2.75, 3.05) is 7.11 Å². The van der Waals surface area contributed by atoms with E-state index in [-0.39, 0.29) is 11.4 Å². The van der Waals surface area contributed by atoms with Crippen LogP contribution >= 0.6 is 0 Å². The Hall–Kier alpha value is -3.48. The fourth-order valence-corrected chi connectivity index (χ4v) is 2.15. The molecule has 0 aliphatic carbocycles. The molecule has 2 aromatic carbocycles. The smallest absolute Gasteiger partial charge is 0.354 e. The van der Waals surface area contributed by atoms with E-state index in [2.05, 4.69) is 5.32 Å². The van der Waals surface area contributed by atoms with Crippen LogP contribution in [0.15, 0.2) is 60.3 Å². The predicted molar refractivity (Wildman–Crippen MR) is 91.6 cm³/mol. The summed E-state index contributed by atoms with van der Waals surface area (Å²) in [4.78, 5) is 34.6. The minimum atomic E-state index is -0.708. The highest BCUT2D eigenvalue weighted by atomic mass is 16.6. The highest BCUT2D eigenvalue weighted by Gasteiger charge is 2.19. The van der Waals surface area contributed by atoms with Crippen molar-refractivity contribution in [2.24, 2.45) is 0 Å². The molecule has 0 aromatic heterocycles. The molecule has 0 bridgehead atoms. The Morgan fingerprint density at radius 2 is 1.60 bits per heavy atom. The summed E-state index contributed by atoms with van der Waals surface area (Å²) in [6, 6.07) is 14.1. The Morgan fingerprint density at radius 1 is 1.00 bits per heavy atom. The van der Waals surface area contributed by atoms with Gasteiger partial charge in [0.1, 0.15) is 5.70 Å². The van der Waals surface area contributed by atoms with Gasteiger partial charge in [-0.05, 0) is 42.3 Å². The van der Waals surface area contributed by atoms with Crippen molar-refractivity contribution in [3.63, 3.8) is 0 Å². The molecular formula is C18H16N2O5. The number of esters is 1. The van der Waals surface area contributed by atoms with Crippen molar-refractivity contribution in [1.82, 2.24) is 5.32 Å². The molecule has 0 spiro atoms. The fourth-order valence-electron chi connectivity index (χ4n) is 2.15. The Balaban J connectivity index is 2.37. The molecule has 0 saturated carbocycles. The van der Waals surface area contributed by atoms with E-state index >= 15 is 0 Å². The number of nitro groups is 1. The number of hydrogen-bond acceptors (Lipinski definition) is 5. The fraction of sp³-hybridized carbons (Fsp3) is 0.111. The van der Waals surface area contributed by atoms with E-state index in [1.807, 2.05) is 0 Å². The molecule has 0 saturated heterocycles. The number of non-ortho nitro benzene ring substituents is 1. The molecule has 0 aliphatic rings. The van der Waals surface area contributed by atoms with Gasteiger partial charge in [-0.2, -0.15) is 0 Å². The maximum Gasteiger partial charge on any atom is 0.354 e. The third kappa shape index (κ3) is 4.29.